The highest BCUT2D eigenvalue weighted by Gasteiger charge is 2.43. The van der Waals surface area contributed by atoms with Crippen LogP contribution in [0.1, 0.15) is 39.3 Å². The first-order valence-electron chi connectivity index (χ1n) is 6.92. The van der Waals surface area contributed by atoms with Gasteiger partial charge in [0.05, 0.1) is 18.0 Å². The summed E-state index contributed by atoms with van der Waals surface area (Å²) >= 11 is 0. The van der Waals surface area contributed by atoms with Gasteiger partial charge in [0.15, 0.2) is 0 Å². The fourth-order valence-corrected chi connectivity index (χ4v) is 3.33. The van der Waals surface area contributed by atoms with Crippen LogP contribution in [-0.4, -0.2) is 35.4 Å². The van der Waals surface area contributed by atoms with Crippen molar-refractivity contribution in [1.82, 2.24) is 14.9 Å². The molecule has 0 amide bonds. The second-order valence-electron chi connectivity index (χ2n) is 6.26. The molecule has 18 heavy (non-hydrogen) atoms. The standard InChI is InChI=1S/C14H23N3O/c1-11-14(3,5-7-18-11)17-10-16-8-12(17)13(2)4-6-15-9-13/h8,10-11,15H,4-7,9H2,1-3H3. The molecular formula is C14H23N3O. The van der Waals surface area contributed by atoms with Gasteiger partial charge in [0.1, 0.15) is 0 Å². The van der Waals surface area contributed by atoms with Crippen molar-refractivity contribution in [2.75, 3.05) is 19.7 Å². The van der Waals surface area contributed by atoms with E-state index in [1.165, 1.54) is 12.1 Å². The van der Waals surface area contributed by atoms with Gasteiger partial charge in [-0.15, -0.1) is 0 Å². The monoisotopic (exact) mass is 249 g/mol. The number of aromatic nitrogens is 2. The van der Waals surface area contributed by atoms with Gasteiger partial charge in [-0.3, -0.25) is 0 Å². The topological polar surface area (TPSA) is 39.1 Å². The van der Waals surface area contributed by atoms with Crippen LogP contribution in [0.5, 0.6) is 0 Å². The molecule has 3 heterocycles. The van der Waals surface area contributed by atoms with Crippen LogP contribution in [0, 0.1) is 0 Å². The fourth-order valence-electron chi connectivity index (χ4n) is 3.33. The molecule has 0 radical (unpaired) electrons. The van der Waals surface area contributed by atoms with Crippen molar-refractivity contribution in [3.05, 3.63) is 18.2 Å². The number of hydrogen-bond acceptors (Lipinski definition) is 3. The minimum Gasteiger partial charge on any atom is -0.376 e. The van der Waals surface area contributed by atoms with Gasteiger partial charge in [-0.05, 0) is 33.2 Å². The maximum absolute atomic E-state index is 5.78. The first-order valence-corrected chi connectivity index (χ1v) is 6.92. The third-order valence-electron chi connectivity index (χ3n) is 5.03. The van der Waals surface area contributed by atoms with Crippen LogP contribution in [0.15, 0.2) is 12.5 Å². The molecule has 0 bridgehead atoms. The van der Waals surface area contributed by atoms with Gasteiger partial charge < -0.3 is 14.6 Å². The van der Waals surface area contributed by atoms with Crippen molar-refractivity contribution in [2.45, 2.75) is 50.7 Å². The quantitative estimate of drug-likeness (QED) is 0.866. The zero-order valence-corrected chi connectivity index (χ0v) is 11.6. The average Bonchev–Trinajstić information content (AvgIpc) is 3.01. The van der Waals surface area contributed by atoms with Crippen molar-refractivity contribution in [3.8, 4) is 0 Å². The van der Waals surface area contributed by atoms with E-state index in [9.17, 15) is 0 Å². The fraction of sp³-hybridized carbons (Fsp3) is 0.786. The molecule has 0 spiro atoms. The van der Waals surface area contributed by atoms with Crippen molar-refractivity contribution in [3.63, 3.8) is 0 Å². The summed E-state index contributed by atoms with van der Waals surface area (Å²) in [6, 6.07) is 0. The van der Waals surface area contributed by atoms with E-state index in [1.54, 1.807) is 0 Å². The lowest BCUT2D eigenvalue weighted by molar-refractivity contribution is 0.0736. The Morgan fingerprint density at radius 1 is 1.44 bits per heavy atom. The molecule has 1 aromatic heterocycles. The number of hydrogen-bond donors (Lipinski definition) is 1. The molecule has 3 atom stereocenters. The molecule has 1 aromatic rings. The van der Waals surface area contributed by atoms with Gasteiger partial charge >= 0.3 is 0 Å². The SMILES string of the molecule is CC1OCCC1(C)n1cncc1C1(C)CCNC1. The van der Waals surface area contributed by atoms with Gasteiger partial charge in [0, 0.05) is 30.5 Å². The molecule has 3 unspecified atom stereocenters. The lowest BCUT2D eigenvalue weighted by Crippen LogP contribution is -2.41. The highest BCUT2D eigenvalue weighted by molar-refractivity contribution is 5.20. The van der Waals surface area contributed by atoms with Crippen LogP contribution in [0.25, 0.3) is 0 Å². The van der Waals surface area contributed by atoms with Crippen LogP contribution >= 0.6 is 0 Å². The van der Waals surface area contributed by atoms with Gasteiger partial charge in [-0.25, -0.2) is 4.98 Å². The van der Waals surface area contributed by atoms with Crippen molar-refractivity contribution in [2.24, 2.45) is 0 Å². The van der Waals surface area contributed by atoms with E-state index in [0.29, 0.717) is 0 Å². The van der Waals surface area contributed by atoms with Crippen LogP contribution in [0.4, 0.5) is 0 Å². The smallest absolute Gasteiger partial charge is 0.0954 e. The molecule has 0 aromatic carbocycles. The highest BCUT2D eigenvalue weighted by Crippen LogP contribution is 2.38. The number of ether oxygens (including phenoxy) is 1. The maximum atomic E-state index is 5.78. The number of nitrogens with one attached hydrogen (secondary N) is 1. The summed E-state index contributed by atoms with van der Waals surface area (Å²) in [6.45, 7) is 9.80. The lowest BCUT2D eigenvalue weighted by Gasteiger charge is -2.35. The van der Waals surface area contributed by atoms with Crippen LogP contribution < -0.4 is 5.32 Å². The van der Waals surface area contributed by atoms with Gasteiger partial charge in [-0.1, -0.05) is 6.92 Å². The molecular weight excluding hydrogens is 226 g/mol. The predicted octanol–water partition coefficient (Wildman–Crippen LogP) is 1.66. The Hall–Kier alpha value is -0.870. The van der Waals surface area contributed by atoms with Crippen LogP contribution in [0.2, 0.25) is 0 Å². The molecule has 2 aliphatic rings. The van der Waals surface area contributed by atoms with E-state index in [1.807, 2.05) is 12.5 Å². The Labute approximate surface area is 109 Å². The Morgan fingerprint density at radius 3 is 2.89 bits per heavy atom. The normalized spacial score (nSPS) is 40.5. The Kier molecular flexibility index (Phi) is 2.75. The molecule has 100 valence electrons. The second kappa shape index (κ2) is 4.07. The molecule has 0 saturated carbocycles. The minimum absolute atomic E-state index is 0.0530. The lowest BCUT2D eigenvalue weighted by atomic mass is 9.84. The zero-order chi connectivity index (χ0) is 12.8. The van der Waals surface area contributed by atoms with E-state index < -0.39 is 0 Å². The minimum atomic E-state index is 0.0530. The number of rotatable bonds is 2. The molecule has 4 heteroatoms. The molecule has 4 nitrogen and oxygen atoms in total. The summed E-state index contributed by atoms with van der Waals surface area (Å²) in [7, 11) is 0. The van der Waals surface area contributed by atoms with E-state index in [-0.39, 0.29) is 17.1 Å². The first kappa shape index (κ1) is 12.2. The highest BCUT2D eigenvalue weighted by atomic mass is 16.5. The molecule has 2 fully saturated rings. The van der Waals surface area contributed by atoms with E-state index in [0.717, 1.165) is 26.1 Å². The van der Waals surface area contributed by atoms with Crippen LogP contribution in [-0.2, 0) is 15.7 Å². The van der Waals surface area contributed by atoms with Gasteiger partial charge in [-0.2, -0.15) is 0 Å². The number of imidazole rings is 1. The summed E-state index contributed by atoms with van der Waals surface area (Å²) in [5.41, 5.74) is 1.62. The third kappa shape index (κ3) is 1.62. The third-order valence-corrected chi connectivity index (χ3v) is 5.03. The zero-order valence-electron chi connectivity index (χ0n) is 11.6. The maximum Gasteiger partial charge on any atom is 0.0954 e. The number of nitrogens with zero attached hydrogens (tertiary/aromatic N) is 2. The summed E-state index contributed by atoms with van der Waals surface area (Å²) in [5.74, 6) is 0. The summed E-state index contributed by atoms with van der Waals surface area (Å²) in [5, 5.41) is 3.47. The molecule has 3 rings (SSSR count). The van der Waals surface area contributed by atoms with E-state index in [4.69, 9.17) is 4.74 Å². The van der Waals surface area contributed by atoms with E-state index in [2.05, 4.69) is 35.6 Å². The molecule has 2 saturated heterocycles. The predicted molar refractivity (Wildman–Crippen MR) is 70.7 cm³/mol. The Morgan fingerprint density at radius 2 is 2.28 bits per heavy atom. The molecule has 1 N–H and O–H groups in total. The van der Waals surface area contributed by atoms with Crippen molar-refractivity contribution >= 4 is 0 Å². The Bertz CT molecular complexity index is 436. The van der Waals surface area contributed by atoms with Gasteiger partial charge in [0.2, 0.25) is 0 Å². The van der Waals surface area contributed by atoms with Gasteiger partial charge in [0.25, 0.3) is 0 Å². The molecule has 0 aliphatic carbocycles. The first-order chi connectivity index (χ1) is 8.56. The van der Waals surface area contributed by atoms with Crippen molar-refractivity contribution in [1.29, 1.82) is 0 Å². The van der Waals surface area contributed by atoms with Crippen molar-refractivity contribution < 1.29 is 4.74 Å². The average molecular weight is 249 g/mol. The summed E-state index contributed by atoms with van der Waals surface area (Å²) < 4.78 is 8.15. The second-order valence-corrected chi connectivity index (χ2v) is 6.26. The summed E-state index contributed by atoms with van der Waals surface area (Å²) in [6.07, 6.45) is 6.54. The summed E-state index contributed by atoms with van der Waals surface area (Å²) in [4.78, 5) is 4.42. The largest absolute Gasteiger partial charge is 0.376 e. The van der Waals surface area contributed by atoms with Crippen LogP contribution in [0.3, 0.4) is 0 Å². The Balaban J connectivity index is 2.01. The van der Waals surface area contributed by atoms with E-state index >= 15 is 0 Å². The molecule has 2 aliphatic heterocycles.